The maximum absolute atomic E-state index is 10.2. The fraction of sp³-hybridized carbons (Fsp3) is 0.379. The number of benzene rings is 2. The highest BCUT2D eigenvalue weighted by atomic mass is 16.7. The predicted molar refractivity (Wildman–Crippen MR) is 140 cm³/mol. The molecule has 8 heteroatoms. The Hall–Kier alpha value is -3.30. The summed E-state index contributed by atoms with van der Waals surface area (Å²) in [5, 5.41) is 20.2. The van der Waals surface area contributed by atoms with Gasteiger partial charge in [0.25, 0.3) is 0 Å². The lowest BCUT2D eigenvalue weighted by atomic mass is 9.98. The van der Waals surface area contributed by atoms with Crippen molar-refractivity contribution in [1.29, 1.82) is 0 Å². The highest BCUT2D eigenvalue weighted by molar-refractivity contribution is 5.88. The van der Waals surface area contributed by atoms with Gasteiger partial charge in [-0.15, -0.1) is 0 Å². The van der Waals surface area contributed by atoms with Gasteiger partial charge in [0.15, 0.2) is 6.29 Å². The van der Waals surface area contributed by atoms with Crippen LogP contribution in [0, 0.1) is 0 Å². The number of phenols is 1. The predicted octanol–water partition coefficient (Wildman–Crippen LogP) is 4.65. The first kappa shape index (κ1) is 25.4. The average Bonchev–Trinajstić information content (AvgIpc) is 2.92. The number of aromatic nitrogens is 2. The van der Waals surface area contributed by atoms with Crippen LogP contribution in [0.5, 0.6) is 11.5 Å². The van der Waals surface area contributed by atoms with Crippen molar-refractivity contribution in [3.05, 3.63) is 66.4 Å². The summed E-state index contributed by atoms with van der Waals surface area (Å²) in [5.41, 5.74) is 4.18. The van der Waals surface area contributed by atoms with Gasteiger partial charge in [-0.2, -0.15) is 0 Å². The number of phenolic OH excluding ortho intramolecular Hbond substituents is 1. The molecular weight excluding hydrogens is 472 g/mol. The largest absolute Gasteiger partial charge is 0.508 e. The minimum atomic E-state index is -0.579. The Kier molecular flexibility index (Phi) is 8.42. The molecule has 0 spiro atoms. The highest BCUT2D eigenvalue weighted by Gasteiger charge is 2.18. The molecule has 2 atom stereocenters. The maximum atomic E-state index is 10.2. The van der Waals surface area contributed by atoms with Gasteiger partial charge >= 0.3 is 0 Å². The Bertz CT molecular complexity index is 1270. The zero-order chi connectivity index (χ0) is 25.5. The van der Waals surface area contributed by atoms with Crippen molar-refractivity contribution in [3.8, 4) is 22.8 Å². The molecule has 1 aromatic heterocycles. The van der Waals surface area contributed by atoms with E-state index in [9.17, 15) is 10.2 Å². The van der Waals surface area contributed by atoms with E-state index in [0.717, 1.165) is 37.0 Å². The smallest absolute Gasteiger partial charge is 0.157 e. The molecule has 37 heavy (non-hydrogen) atoms. The third-order valence-electron chi connectivity index (χ3n) is 6.24. The van der Waals surface area contributed by atoms with Crippen LogP contribution in [0.2, 0.25) is 0 Å². The number of aromatic hydroxyl groups is 1. The summed E-state index contributed by atoms with van der Waals surface area (Å²) in [6.45, 7) is 2.59. The van der Waals surface area contributed by atoms with Crippen LogP contribution < -0.4 is 4.74 Å². The summed E-state index contributed by atoms with van der Waals surface area (Å²) < 4.78 is 22.7. The SMILES string of the molecule is Oc1cccc(-c2nc3ccc(OCCOCCOC4CCCCO4)cc3nc2C2=CC(O)CC=C2)c1. The minimum absolute atomic E-state index is 0.103. The average molecular weight is 505 g/mol. The molecule has 1 aliphatic heterocycles. The zero-order valence-corrected chi connectivity index (χ0v) is 20.7. The number of nitrogens with zero attached hydrogens (tertiary/aromatic N) is 2. The van der Waals surface area contributed by atoms with Gasteiger partial charge in [-0.25, -0.2) is 9.97 Å². The molecule has 1 fully saturated rings. The van der Waals surface area contributed by atoms with E-state index in [0.29, 0.717) is 61.0 Å². The van der Waals surface area contributed by atoms with Gasteiger partial charge in [-0.3, -0.25) is 0 Å². The zero-order valence-electron chi connectivity index (χ0n) is 20.7. The van der Waals surface area contributed by atoms with Crippen LogP contribution in [0.1, 0.15) is 31.4 Å². The Balaban J connectivity index is 1.26. The monoisotopic (exact) mass is 504 g/mol. The second-order valence-corrected chi connectivity index (χ2v) is 9.08. The highest BCUT2D eigenvalue weighted by Crippen LogP contribution is 2.33. The van der Waals surface area contributed by atoms with E-state index in [1.165, 1.54) is 0 Å². The summed E-state index contributed by atoms with van der Waals surface area (Å²) in [5.74, 6) is 0.819. The number of aliphatic hydroxyl groups is 1. The van der Waals surface area contributed by atoms with Crippen molar-refractivity contribution < 1.29 is 29.2 Å². The Morgan fingerprint density at radius 2 is 1.84 bits per heavy atom. The lowest BCUT2D eigenvalue weighted by molar-refractivity contribution is -0.169. The topological polar surface area (TPSA) is 103 Å². The number of rotatable bonds is 10. The van der Waals surface area contributed by atoms with Gasteiger partial charge in [0.1, 0.15) is 18.1 Å². The summed E-state index contributed by atoms with van der Waals surface area (Å²) in [6, 6.07) is 12.5. The molecule has 2 N–H and O–H groups in total. The van der Waals surface area contributed by atoms with Gasteiger partial charge in [0, 0.05) is 23.8 Å². The molecule has 2 heterocycles. The summed E-state index contributed by atoms with van der Waals surface area (Å²) in [7, 11) is 0. The van der Waals surface area contributed by atoms with Crippen molar-refractivity contribution in [2.24, 2.45) is 0 Å². The van der Waals surface area contributed by atoms with E-state index in [4.69, 9.17) is 28.9 Å². The van der Waals surface area contributed by atoms with E-state index in [-0.39, 0.29) is 12.0 Å². The van der Waals surface area contributed by atoms with Crippen LogP contribution in [-0.4, -0.2) is 65.6 Å². The summed E-state index contributed by atoms with van der Waals surface area (Å²) >= 11 is 0. The summed E-state index contributed by atoms with van der Waals surface area (Å²) in [6.07, 6.45) is 8.71. The molecule has 2 unspecified atom stereocenters. The quantitative estimate of drug-likeness (QED) is 0.385. The Morgan fingerprint density at radius 1 is 0.946 bits per heavy atom. The van der Waals surface area contributed by atoms with Gasteiger partial charge < -0.3 is 29.2 Å². The van der Waals surface area contributed by atoms with Crippen molar-refractivity contribution in [3.63, 3.8) is 0 Å². The molecule has 2 aliphatic rings. The lowest BCUT2D eigenvalue weighted by Crippen LogP contribution is -2.24. The van der Waals surface area contributed by atoms with Crippen LogP contribution in [0.15, 0.2) is 60.7 Å². The molecule has 5 rings (SSSR count). The van der Waals surface area contributed by atoms with Gasteiger partial charge in [-0.1, -0.05) is 24.3 Å². The van der Waals surface area contributed by atoms with Crippen molar-refractivity contribution >= 4 is 16.6 Å². The molecular formula is C29H32N2O6. The van der Waals surface area contributed by atoms with E-state index < -0.39 is 6.10 Å². The van der Waals surface area contributed by atoms with Crippen molar-refractivity contribution in [2.75, 3.05) is 33.0 Å². The van der Waals surface area contributed by atoms with E-state index >= 15 is 0 Å². The first-order chi connectivity index (χ1) is 18.2. The molecule has 3 aromatic rings. The van der Waals surface area contributed by atoms with Gasteiger partial charge in [0.05, 0.1) is 48.3 Å². The molecule has 0 saturated carbocycles. The van der Waals surface area contributed by atoms with Crippen molar-refractivity contribution in [2.45, 2.75) is 38.1 Å². The first-order valence-corrected chi connectivity index (χ1v) is 12.8. The third kappa shape index (κ3) is 6.72. The molecule has 2 aromatic carbocycles. The normalized spacial score (nSPS) is 19.6. The van der Waals surface area contributed by atoms with E-state index in [1.807, 2.05) is 36.4 Å². The molecule has 0 bridgehead atoms. The lowest BCUT2D eigenvalue weighted by Gasteiger charge is -2.22. The van der Waals surface area contributed by atoms with Crippen LogP contribution >= 0.6 is 0 Å². The standard InChI is InChI=1S/C29H32N2O6/c32-22-7-3-5-20(17-22)28-29(21-6-4-8-23(33)18-21)31-26-19-24(10-11-25(26)30-28)35-15-13-34-14-16-37-27-9-1-2-12-36-27/h3-7,10-11,17-19,23,27,32-33H,1-2,8-9,12-16H2. The van der Waals surface area contributed by atoms with Gasteiger partial charge in [-0.05, 0) is 56.0 Å². The minimum Gasteiger partial charge on any atom is -0.508 e. The molecule has 0 radical (unpaired) electrons. The number of hydrogen-bond acceptors (Lipinski definition) is 8. The second-order valence-electron chi connectivity index (χ2n) is 9.08. The number of aliphatic hydroxyl groups excluding tert-OH is 1. The Labute approximate surface area is 216 Å². The van der Waals surface area contributed by atoms with Crippen LogP contribution in [0.4, 0.5) is 0 Å². The number of allylic oxidation sites excluding steroid dienone is 2. The third-order valence-corrected chi connectivity index (χ3v) is 6.24. The Morgan fingerprint density at radius 3 is 2.68 bits per heavy atom. The molecule has 1 aliphatic carbocycles. The van der Waals surface area contributed by atoms with E-state index in [1.54, 1.807) is 24.3 Å². The number of ether oxygens (including phenoxy) is 4. The second kappa shape index (κ2) is 12.3. The van der Waals surface area contributed by atoms with Crippen LogP contribution in [-0.2, 0) is 14.2 Å². The van der Waals surface area contributed by atoms with Crippen LogP contribution in [0.25, 0.3) is 27.9 Å². The number of fused-ring (bicyclic) bond motifs is 1. The van der Waals surface area contributed by atoms with Crippen molar-refractivity contribution in [1.82, 2.24) is 9.97 Å². The van der Waals surface area contributed by atoms with E-state index in [2.05, 4.69) is 0 Å². The number of hydrogen-bond donors (Lipinski definition) is 2. The van der Waals surface area contributed by atoms with Crippen LogP contribution in [0.3, 0.4) is 0 Å². The fourth-order valence-electron chi connectivity index (χ4n) is 4.40. The molecule has 194 valence electrons. The maximum Gasteiger partial charge on any atom is 0.157 e. The first-order valence-electron chi connectivity index (χ1n) is 12.8. The molecule has 8 nitrogen and oxygen atoms in total. The van der Waals surface area contributed by atoms with Gasteiger partial charge in [0.2, 0.25) is 0 Å². The molecule has 1 saturated heterocycles. The summed E-state index contributed by atoms with van der Waals surface area (Å²) in [4.78, 5) is 9.76. The molecule has 0 amide bonds. The fourth-order valence-corrected chi connectivity index (χ4v) is 4.40.